The summed E-state index contributed by atoms with van der Waals surface area (Å²) in [6.07, 6.45) is 0. The molecule has 0 bridgehead atoms. The molecule has 1 unspecified atom stereocenters. The second-order valence-electron chi connectivity index (χ2n) is 7.20. The molecule has 1 heterocycles. The minimum absolute atomic E-state index is 0.0509. The largest absolute Gasteiger partial charge is 0.495 e. The van der Waals surface area contributed by atoms with Crippen molar-refractivity contribution < 1.29 is 13.9 Å². The molecule has 0 aromatic heterocycles. The molecular formula is C22H28FN3O2. The standard InChI is InChI=1S/C22H28FN3O2/c1-17(22(27)24(2)16-18-7-6-8-19(23)15-18)25-11-13-26(14-12-25)20-9-4-5-10-21(20)28-3/h4-10,15,17H,11-14,16H2,1-3H3. The van der Waals surface area contributed by atoms with Gasteiger partial charge in [-0.15, -0.1) is 0 Å². The van der Waals surface area contributed by atoms with Crippen LogP contribution in [-0.2, 0) is 11.3 Å². The van der Waals surface area contributed by atoms with Crippen molar-refractivity contribution in [2.24, 2.45) is 0 Å². The molecule has 1 fully saturated rings. The summed E-state index contributed by atoms with van der Waals surface area (Å²) in [4.78, 5) is 19.0. The number of methoxy groups -OCH3 is 1. The fourth-order valence-electron chi connectivity index (χ4n) is 3.70. The third-order valence-corrected chi connectivity index (χ3v) is 5.33. The highest BCUT2D eigenvalue weighted by Crippen LogP contribution is 2.28. The Hall–Kier alpha value is -2.60. The molecule has 0 aliphatic carbocycles. The van der Waals surface area contributed by atoms with Gasteiger partial charge in [-0.25, -0.2) is 4.39 Å². The number of ether oxygens (including phenoxy) is 1. The quantitative estimate of drug-likeness (QED) is 0.766. The molecule has 0 N–H and O–H groups in total. The van der Waals surface area contributed by atoms with Crippen LogP contribution in [0.15, 0.2) is 48.5 Å². The van der Waals surface area contributed by atoms with Gasteiger partial charge < -0.3 is 14.5 Å². The van der Waals surface area contributed by atoms with E-state index in [4.69, 9.17) is 4.74 Å². The molecule has 1 aliphatic heterocycles. The number of piperazine rings is 1. The number of rotatable bonds is 6. The Balaban J connectivity index is 1.56. The van der Waals surface area contributed by atoms with Crippen LogP contribution in [0.5, 0.6) is 5.75 Å². The molecule has 0 spiro atoms. The van der Waals surface area contributed by atoms with Gasteiger partial charge >= 0.3 is 0 Å². The number of benzene rings is 2. The number of para-hydroxylation sites is 2. The number of nitrogens with zero attached hydrogens (tertiary/aromatic N) is 3. The zero-order valence-corrected chi connectivity index (χ0v) is 16.8. The van der Waals surface area contributed by atoms with E-state index in [9.17, 15) is 9.18 Å². The van der Waals surface area contributed by atoms with Crippen LogP contribution < -0.4 is 9.64 Å². The SMILES string of the molecule is COc1ccccc1N1CCN(C(C)C(=O)N(C)Cc2cccc(F)c2)CC1. The van der Waals surface area contributed by atoms with Gasteiger partial charge in [0, 0.05) is 39.8 Å². The van der Waals surface area contributed by atoms with E-state index in [-0.39, 0.29) is 17.8 Å². The molecule has 0 saturated carbocycles. The van der Waals surface area contributed by atoms with E-state index in [0.717, 1.165) is 43.2 Å². The van der Waals surface area contributed by atoms with Gasteiger partial charge in [-0.3, -0.25) is 9.69 Å². The van der Waals surface area contributed by atoms with Gasteiger partial charge in [-0.2, -0.15) is 0 Å². The van der Waals surface area contributed by atoms with Crippen LogP contribution in [0.1, 0.15) is 12.5 Å². The predicted octanol–water partition coefficient (Wildman–Crippen LogP) is 3.00. The highest BCUT2D eigenvalue weighted by molar-refractivity contribution is 5.81. The van der Waals surface area contributed by atoms with E-state index in [0.29, 0.717) is 6.54 Å². The molecule has 28 heavy (non-hydrogen) atoms. The molecule has 3 rings (SSSR count). The summed E-state index contributed by atoms with van der Waals surface area (Å²) in [5.41, 5.74) is 1.89. The highest BCUT2D eigenvalue weighted by Gasteiger charge is 2.28. The lowest BCUT2D eigenvalue weighted by Crippen LogP contribution is -2.54. The number of anilines is 1. The average Bonchev–Trinajstić information content (AvgIpc) is 2.72. The van der Waals surface area contributed by atoms with Crippen molar-refractivity contribution in [2.45, 2.75) is 19.5 Å². The number of likely N-dealkylation sites (N-methyl/N-ethyl adjacent to an activating group) is 1. The van der Waals surface area contributed by atoms with E-state index >= 15 is 0 Å². The van der Waals surface area contributed by atoms with Gasteiger partial charge in [0.25, 0.3) is 0 Å². The normalized spacial score (nSPS) is 15.9. The number of amides is 1. The minimum Gasteiger partial charge on any atom is -0.495 e. The van der Waals surface area contributed by atoms with Crippen molar-refractivity contribution in [3.63, 3.8) is 0 Å². The Bertz CT molecular complexity index is 806. The van der Waals surface area contributed by atoms with Crippen LogP contribution in [0.3, 0.4) is 0 Å². The van der Waals surface area contributed by atoms with Crippen molar-refractivity contribution in [1.29, 1.82) is 0 Å². The number of hydrogen-bond donors (Lipinski definition) is 0. The van der Waals surface area contributed by atoms with E-state index in [1.165, 1.54) is 12.1 Å². The maximum absolute atomic E-state index is 13.4. The molecule has 150 valence electrons. The van der Waals surface area contributed by atoms with E-state index in [2.05, 4.69) is 15.9 Å². The van der Waals surface area contributed by atoms with Crippen LogP contribution >= 0.6 is 0 Å². The van der Waals surface area contributed by atoms with E-state index in [1.807, 2.05) is 31.2 Å². The van der Waals surface area contributed by atoms with E-state index < -0.39 is 0 Å². The zero-order valence-electron chi connectivity index (χ0n) is 16.8. The van der Waals surface area contributed by atoms with Crippen LogP contribution in [0, 0.1) is 5.82 Å². The molecule has 1 amide bonds. The maximum Gasteiger partial charge on any atom is 0.239 e. The summed E-state index contributed by atoms with van der Waals surface area (Å²) >= 11 is 0. The second kappa shape index (κ2) is 9.06. The zero-order chi connectivity index (χ0) is 20.1. The number of carbonyl (C=O) groups is 1. The van der Waals surface area contributed by atoms with Gasteiger partial charge in [0.05, 0.1) is 18.8 Å². The molecule has 1 saturated heterocycles. The first-order chi connectivity index (χ1) is 13.5. The topological polar surface area (TPSA) is 36.0 Å². The van der Waals surface area contributed by atoms with Crippen LogP contribution in [0.25, 0.3) is 0 Å². The Kier molecular flexibility index (Phi) is 6.52. The first kappa shape index (κ1) is 20.1. The van der Waals surface area contributed by atoms with E-state index in [1.54, 1.807) is 25.1 Å². The lowest BCUT2D eigenvalue weighted by Gasteiger charge is -2.39. The minimum atomic E-state index is -0.279. The molecule has 1 aliphatic rings. The summed E-state index contributed by atoms with van der Waals surface area (Å²) in [6.45, 7) is 5.64. The van der Waals surface area contributed by atoms with Crippen molar-refractivity contribution in [1.82, 2.24) is 9.80 Å². The molecule has 2 aromatic rings. The van der Waals surface area contributed by atoms with Gasteiger partial charge in [0.1, 0.15) is 11.6 Å². The fourth-order valence-corrected chi connectivity index (χ4v) is 3.70. The third-order valence-electron chi connectivity index (χ3n) is 5.33. The predicted molar refractivity (Wildman–Crippen MR) is 109 cm³/mol. The average molecular weight is 385 g/mol. The Morgan fingerprint density at radius 2 is 1.86 bits per heavy atom. The van der Waals surface area contributed by atoms with Crippen LogP contribution in [0.2, 0.25) is 0 Å². The second-order valence-corrected chi connectivity index (χ2v) is 7.20. The molecule has 1 atom stereocenters. The van der Waals surface area contributed by atoms with Gasteiger partial charge in [-0.1, -0.05) is 24.3 Å². The molecule has 6 heteroatoms. The van der Waals surface area contributed by atoms with Crippen molar-refractivity contribution >= 4 is 11.6 Å². The fraction of sp³-hybridized carbons (Fsp3) is 0.409. The number of carbonyl (C=O) groups excluding carboxylic acids is 1. The molecule has 5 nitrogen and oxygen atoms in total. The summed E-state index contributed by atoms with van der Waals surface area (Å²) < 4.78 is 18.8. The van der Waals surface area contributed by atoms with Gasteiger partial charge in [0.15, 0.2) is 0 Å². The lowest BCUT2D eigenvalue weighted by molar-refractivity contribution is -0.135. The summed E-state index contributed by atoms with van der Waals surface area (Å²) in [5.74, 6) is 0.642. The third kappa shape index (κ3) is 4.62. The maximum atomic E-state index is 13.4. The van der Waals surface area contributed by atoms with Crippen molar-refractivity contribution in [3.05, 3.63) is 59.9 Å². The van der Waals surface area contributed by atoms with Crippen molar-refractivity contribution in [2.75, 3.05) is 45.2 Å². The van der Waals surface area contributed by atoms with Crippen LogP contribution in [-0.4, -0.2) is 62.1 Å². The first-order valence-corrected chi connectivity index (χ1v) is 9.61. The summed E-state index contributed by atoms with van der Waals surface area (Å²) in [5, 5.41) is 0. The first-order valence-electron chi connectivity index (χ1n) is 9.61. The van der Waals surface area contributed by atoms with Gasteiger partial charge in [-0.05, 0) is 36.8 Å². The summed E-state index contributed by atoms with van der Waals surface area (Å²) in [7, 11) is 3.46. The van der Waals surface area contributed by atoms with Gasteiger partial charge in [0.2, 0.25) is 5.91 Å². The Morgan fingerprint density at radius 3 is 2.54 bits per heavy atom. The Morgan fingerprint density at radius 1 is 1.14 bits per heavy atom. The molecule has 2 aromatic carbocycles. The molecular weight excluding hydrogens is 357 g/mol. The number of halogens is 1. The smallest absolute Gasteiger partial charge is 0.239 e. The highest BCUT2D eigenvalue weighted by atomic mass is 19.1. The monoisotopic (exact) mass is 385 g/mol. The number of hydrogen-bond acceptors (Lipinski definition) is 4. The molecule has 0 radical (unpaired) electrons. The summed E-state index contributed by atoms with van der Waals surface area (Å²) in [6, 6.07) is 14.2. The Labute approximate surface area is 166 Å². The lowest BCUT2D eigenvalue weighted by atomic mass is 10.1. The van der Waals surface area contributed by atoms with Crippen LogP contribution in [0.4, 0.5) is 10.1 Å². The van der Waals surface area contributed by atoms with Crippen molar-refractivity contribution in [3.8, 4) is 5.75 Å².